The minimum absolute atomic E-state index is 0.353. The molecule has 0 saturated carbocycles. The Kier molecular flexibility index (Phi) is 6.17. The predicted molar refractivity (Wildman–Crippen MR) is 95.1 cm³/mol. The summed E-state index contributed by atoms with van der Waals surface area (Å²) in [5.41, 5.74) is 3.76. The van der Waals surface area contributed by atoms with Gasteiger partial charge in [-0.3, -0.25) is 4.57 Å². The van der Waals surface area contributed by atoms with E-state index in [1.165, 1.54) is 0 Å². The lowest BCUT2D eigenvalue weighted by Crippen LogP contribution is -2.10. The molecule has 3 nitrogen and oxygen atoms in total. The molecule has 23 heavy (non-hydrogen) atoms. The maximum atomic E-state index is 13.5. The van der Waals surface area contributed by atoms with Gasteiger partial charge in [-0.05, 0) is 44.4 Å². The van der Waals surface area contributed by atoms with Gasteiger partial charge in [0.1, 0.15) is 5.66 Å². The monoisotopic (exact) mass is 332 g/mol. The highest BCUT2D eigenvalue weighted by Crippen LogP contribution is 2.64. The largest absolute Gasteiger partial charge is 0.342 e. The Bertz CT molecular complexity index is 672. The third-order valence-corrected chi connectivity index (χ3v) is 6.22. The topological polar surface area (TPSA) is 35.5 Å². The molecule has 0 fully saturated rings. The van der Waals surface area contributed by atoms with Crippen molar-refractivity contribution < 1.29 is 13.6 Å². The lowest BCUT2D eigenvalue weighted by Gasteiger charge is -2.28. The highest BCUT2D eigenvalue weighted by Gasteiger charge is 2.38. The van der Waals surface area contributed by atoms with Gasteiger partial charge in [0.25, 0.3) is 0 Å². The third kappa shape index (κ3) is 4.11. The zero-order valence-electron chi connectivity index (χ0n) is 14.3. The molecule has 1 unspecified atom stereocenters. The van der Waals surface area contributed by atoms with Crippen LogP contribution in [0.25, 0.3) is 0 Å². The lowest BCUT2D eigenvalue weighted by molar-refractivity contribution is 0.215. The van der Waals surface area contributed by atoms with Crippen molar-refractivity contribution in [2.24, 2.45) is 0 Å². The van der Waals surface area contributed by atoms with Crippen LogP contribution in [-0.2, 0) is 13.6 Å². The van der Waals surface area contributed by atoms with E-state index in [-0.39, 0.29) is 0 Å². The Hall–Kier alpha value is -1.41. The summed E-state index contributed by atoms with van der Waals surface area (Å²) in [5.74, 6) is 0. The van der Waals surface area contributed by atoms with Crippen molar-refractivity contribution in [2.75, 3.05) is 13.2 Å². The van der Waals surface area contributed by atoms with Crippen LogP contribution in [0.15, 0.2) is 48.5 Å². The quantitative estimate of drug-likeness (QED) is 0.614. The standard InChI is InChI=1S/C19H25O3P/c1-5-21-23(20,22-6-2)19(17-10-8-7-9-11-17)18-14-15(3)12-13-16(18)4/h7-14,19H,5-6H2,1-4H3. The molecule has 0 aliphatic carbocycles. The van der Waals surface area contributed by atoms with E-state index in [0.717, 1.165) is 22.3 Å². The Balaban J connectivity index is 2.65. The molecule has 0 bridgehead atoms. The molecule has 0 aliphatic rings. The second-order valence-corrected chi connectivity index (χ2v) is 7.66. The van der Waals surface area contributed by atoms with Crippen molar-refractivity contribution in [1.29, 1.82) is 0 Å². The van der Waals surface area contributed by atoms with Gasteiger partial charge in [-0.15, -0.1) is 0 Å². The molecule has 1 atom stereocenters. The van der Waals surface area contributed by atoms with E-state index in [9.17, 15) is 4.57 Å². The van der Waals surface area contributed by atoms with Gasteiger partial charge in [0.05, 0.1) is 13.2 Å². The Labute approximate surface area is 139 Å². The first-order chi connectivity index (χ1) is 11.0. The average Bonchev–Trinajstić information content (AvgIpc) is 2.52. The van der Waals surface area contributed by atoms with Gasteiger partial charge in [-0.2, -0.15) is 0 Å². The highest BCUT2D eigenvalue weighted by molar-refractivity contribution is 7.54. The Morgan fingerprint density at radius 1 is 0.957 bits per heavy atom. The number of benzene rings is 2. The van der Waals surface area contributed by atoms with Crippen LogP contribution in [0.5, 0.6) is 0 Å². The summed E-state index contributed by atoms with van der Waals surface area (Å²) in [6.07, 6.45) is 0. The van der Waals surface area contributed by atoms with Gasteiger partial charge in [0.15, 0.2) is 0 Å². The fraction of sp³-hybridized carbons (Fsp3) is 0.368. The maximum Gasteiger partial charge on any atom is 0.342 e. The zero-order chi connectivity index (χ0) is 16.9. The Morgan fingerprint density at radius 2 is 1.57 bits per heavy atom. The minimum Gasteiger partial charge on any atom is -0.308 e. The van der Waals surface area contributed by atoms with E-state index in [1.54, 1.807) is 0 Å². The predicted octanol–water partition coefficient (Wildman–Crippen LogP) is 5.66. The normalized spacial score (nSPS) is 13.0. The fourth-order valence-corrected chi connectivity index (χ4v) is 5.02. The van der Waals surface area contributed by atoms with Gasteiger partial charge in [-0.25, -0.2) is 0 Å². The van der Waals surface area contributed by atoms with Crippen LogP contribution in [0.3, 0.4) is 0 Å². The van der Waals surface area contributed by atoms with Crippen molar-refractivity contribution >= 4 is 7.60 Å². The molecule has 0 spiro atoms. The van der Waals surface area contributed by atoms with Crippen LogP contribution >= 0.6 is 7.60 Å². The number of aryl methyl sites for hydroxylation is 2. The molecule has 0 aromatic heterocycles. The molecule has 0 N–H and O–H groups in total. The van der Waals surface area contributed by atoms with Gasteiger partial charge in [0.2, 0.25) is 0 Å². The molecule has 0 aliphatic heterocycles. The lowest BCUT2D eigenvalue weighted by atomic mass is 9.98. The molecule has 2 rings (SSSR count). The number of rotatable bonds is 7. The molecule has 2 aromatic rings. The van der Waals surface area contributed by atoms with Crippen LogP contribution in [0.2, 0.25) is 0 Å². The van der Waals surface area contributed by atoms with Crippen molar-refractivity contribution in [2.45, 2.75) is 33.4 Å². The van der Waals surface area contributed by atoms with Crippen molar-refractivity contribution in [1.82, 2.24) is 0 Å². The van der Waals surface area contributed by atoms with Crippen molar-refractivity contribution in [3.8, 4) is 0 Å². The minimum atomic E-state index is -3.32. The van der Waals surface area contributed by atoms with Gasteiger partial charge in [-0.1, -0.05) is 54.1 Å². The van der Waals surface area contributed by atoms with E-state index in [1.807, 2.05) is 58.0 Å². The molecule has 124 valence electrons. The summed E-state index contributed by atoms with van der Waals surface area (Å²) >= 11 is 0. The van der Waals surface area contributed by atoms with E-state index >= 15 is 0 Å². The van der Waals surface area contributed by atoms with E-state index in [2.05, 4.69) is 18.2 Å². The van der Waals surface area contributed by atoms with E-state index in [4.69, 9.17) is 9.05 Å². The molecule has 2 aromatic carbocycles. The summed E-state index contributed by atoms with van der Waals surface area (Å²) < 4.78 is 24.9. The summed E-state index contributed by atoms with van der Waals surface area (Å²) in [7, 11) is -3.32. The smallest absolute Gasteiger partial charge is 0.308 e. The number of hydrogen-bond donors (Lipinski definition) is 0. The van der Waals surface area contributed by atoms with Crippen LogP contribution < -0.4 is 0 Å². The first-order valence-electron chi connectivity index (χ1n) is 8.02. The zero-order valence-corrected chi connectivity index (χ0v) is 15.2. The molecule has 0 radical (unpaired) electrons. The van der Waals surface area contributed by atoms with Crippen molar-refractivity contribution in [3.63, 3.8) is 0 Å². The molecular formula is C19H25O3P. The van der Waals surface area contributed by atoms with Crippen molar-refractivity contribution in [3.05, 3.63) is 70.8 Å². The SMILES string of the molecule is CCOP(=O)(OCC)C(c1ccccc1)c1cc(C)ccc1C. The fourth-order valence-electron chi connectivity index (χ4n) is 2.77. The van der Waals surface area contributed by atoms with E-state index in [0.29, 0.717) is 13.2 Å². The first-order valence-corrected chi connectivity index (χ1v) is 9.64. The van der Waals surface area contributed by atoms with Crippen LogP contribution in [-0.4, -0.2) is 13.2 Å². The summed E-state index contributed by atoms with van der Waals surface area (Å²) in [4.78, 5) is 0. The first kappa shape index (κ1) is 17.9. The second-order valence-electron chi connectivity index (χ2n) is 5.55. The van der Waals surface area contributed by atoms with Crippen LogP contribution in [0.1, 0.15) is 41.8 Å². The maximum absolute atomic E-state index is 13.5. The number of hydrogen-bond acceptors (Lipinski definition) is 3. The molecule has 0 heterocycles. The molecule has 0 amide bonds. The highest BCUT2D eigenvalue weighted by atomic mass is 31.2. The third-order valence-electron chi connectivity index (χ3n) is 3.78. The molecule has 0 saturated heterocycles. The van der Waals surface area contributed by atoms with Crippen LogP contribution in [0, 0.1) is 13.8 Å². The van der Waals surface area contributed by atoms with Crippen LogP contribution in [0.4, 0.5) is 0 Å². The summed E-state index contributed by atoms with van der Waals surface area (Å²) in [6.45, 7) is 8.47. The van der Waals surface area contributed by atoms with Gasteiger partial charge < -0.3 is 9.05 Å². The van der Waals surface area contributed by atoms with E-state index < -0.39 is 13.3 Å². The Morgan fingerprint density at radius 3 is 2.13 bits per heavy atom. The second kappa shape index (κ2) is 7.92. The average molecular weight is 332 g/mol. The summed E-state index contributed by atoms with van der Waals surface area (Å²) in [5, 5.41) is 0. The summed E-state index contributed by atoms with van der Waals surface area (Å²) in [6, 6.07) is 16.0. The van der Waals surface area contributed by atoms with Gasteiger partial charge >= 0.3 is 7.60 Å². The van der Waals surface area contributed by atoms with Gasteiger partial charge in [0, 0.05) is 0 Å². The molecular weight excluding hydrogens is 307 g/mol. The molecule has 4 heteroatoms.